The molecule has 0 aliphatic rings. The first-order chi connectivity index (χ1) is 12.0. The quantitative estimate of drug-likeness (QED) is 0.492. The van der Waals surface area contributed by atoms with Crippen LogP contribution in [-0.2, 0) is 20.8 Å². The fraction of sp³-hybridized carbons (Fsp3) is 0.118. The highest BCUT2D eigenvalue weighted by atomic mass is 32.2. The van der Waals surface area contributed by atoms with E-state index in [1.54, 1.807) is 0 Å². The second-order valence-corrected chi connectivity index (χ2v) is 7.38. The summed E-state index contributed by atoms with van der Waals surface area (Å²) in [4.78, 5) is 11.7. The van der Waals surface area contributed by atoms with Gasteiger partial charge in [-0.25, -0.2) is 12.8 Å². The fourth-order valence-corrected chi connectivity index (χ4v) is 2.64. The van der Waals surface area contributed by atoms with Crippen LogP contribution in [-0.4, -0.2) is 20.6 Å². The van der Waals surface area contributed by atoms with Crippen LogP contribution < -0.4 is 5.32 Å². The molecule has 0 heterocycles. The maximum Gasteiger partial charge on any atom is 0.416 e. The minimum atomic E-state index is -4.51. The number of anilines is 1. The van der Waals surface area contributed by atoms with E-state index in [-0.39, 0.29) is 16.1 Å². The van der Waals surface area contributed by atoms with E-state index < -0.39 is 33.3 Å². The lowest BCUT2D eigenvalue weighted by molar-refractivity contribution is -0.137. The summed E-state index contributed by atoms with van der Waals surface area (Å²) in [6.07, 6.45) is -1.54. The van der Waals surface area contributed by atoms with Crippen LogP contribution in [0.15, 0.2) is 53.4 Å². The molecule has 2 aromatic rings. The molecule has 0 saturated carbocycles. The van der Waals surface area contributed by atoms with Gasteiger partial charge in [0.05, 0.1) is 16.1 Å². The van der Waals surface area contributed by atoms with Crippen molar-refractivity contribution in [1.82, 2.24) is 0 Å². The number of carbonyl (C=O) groups is 1. The third-order valence-electron chi connectivity index (χ3n) is 3.26. The molecule has 0 aliphatic heterocycles. The number of benzene rings is 2. The van der Waals surface area contributed by atoms with Gasteiger partial charge in [0.1, 0.15) is 5.82 Å². The van der Waals surface area contributed by atoms with Crippen LogP contribution in [0.1, 0.15) is 11.1 Å². The van der Waals surface area contributed by atoms with Gasteiger partial charge in [-0.15, -0.1) is 0 Å². The van der Waals surface area contributed by atoms with Crippen molar-refractivity contribution >= 4 is 27.5 Å². The largest absolute Gasteiger partial charge is 0.416 e. The zero-order valence-electron chi connectivity index (χ0n) is 13.3. The second kappa shape index (κ2) is 7.28. The summed E-state index contributed by atoms with van der Waals surface area (Å²) < 4.78 is 74.6. The van der Waals surface area contributed by atoms with E-state index in [2.05, 4.69) is 5.32 Å². The van der Waals surface area contributed by atoms with Gasteiger partial charge < -0.3 is 5.32 Å². The standard InChI is InChI=1S/C17H13F4NO3S/c1-26(24,25)13-6-7-14(18)15(10-13)22-16(23)8-5-11-3-2-4-12(9-11)17(19,20)21/h2-10H,1H3,(H,22,23)/b8-5+. The molecule has 0 saturated heterocycles. The molecule has 0 aliphatic carbocycles. The van der Waals surface area contributed by atoms with Crippen LogP contribution in [0.5, 0.6) is 0 Å². The number of carbonyl (C=O) groups excluding carboxylic acids is 1. The summed E-state index contributed by atoms with van der Waals surface area (Å²) in [5.74, 6) is -1.68. The molecule has 1 amide bonds. The molecule has 1 N–H and O–H groups in total. The minimum absolute atomic E-state index is 0.125. The SMILES string of the molecule is CS(=O)(=O)c1ccc(F)c(NC(=O)/C=C/c2cccc(C(F)(F)F)c2)c1. The lowest BCUT2D eigenvalue weighted by Crippen LogP contribution is -2.10. The number of amides is 1. The Morgan fingerprint density at radius 3 is 2.42 bits per heavy atom. The first-order valence-corrected chi connectivity index (χ1v) is 9.02. The molecule has 0 bridgehead atoms. The lowest BCUT2D eigenvalue weighted by atomic mass is 10.1. The molecule has 0 unspecified atom stereocenters. The predicted molar refractivity (Wildman–Crippen MR) is 88.6 cm³/mol. The molecule has 2 rings (SSSR count). The molecule has 2 aromatic carbocycles. The number of halogens is 4. The number of sulfone groups is 1. The first kappa shape index (κ1) is 19.6. The van der Waals surface area contributed by atoms with Crippen LogP contribution in [0.3, 0.4) is 0 Å². The molecule has 0 fully saturated rings. The molecule has 0 atom stereocenters. The second-order valence-electron chi connectivity index (χ2n) is 5.36. The van der Waals surface area contributed by atoms with Gasteiger partial charge in [0.2, 0.25) is 5.91 Å². The van der Waals surface area contributed by atoms with Crippen molar-refractivity contribution in [2.45, 2.75) is 11.1 Å². The minimum Gasteiger partial charge on any atom is -0.320 e. The molecule has 138 valence electrons. The number of hydrogen-bond acceptors (Lipinski definition) is 3. The number of hydrogen-bond donors (Lipinski definition) is 1. The smallest absolute Gasteiger partial charge is 0.320 e. The third kappa shape index (κ3) is 5.16. The Labute approximate surface area is 147 Å². The average Bonchev–Trinajstić information content (AvgIpc) is 2.53. The highest BCUT2D eigenvalue weighted by Gasteiger charge is 2.30. The van der Waals surface area contributed by atoms with Gasteiger partial charge in [-0.05, 0) is 42.0 Å². The van der Waals surface area contributed by atoms with Gasteiger partial charge in [0.15, 0.2) is 9.84 Å². The monoisotopic (exact) mass is 387 g/mol. The van der Waals surface area contributed by atoms with Gasteiger partial charge in [-0.1, -0.05) is 12.1 Å². The predicted octanol–water partition coefficient (Wildman–Crippen LogP) is 3.90. The van der Waals surface area contributed by atoms with Gasteiger partial charge in [0, 0.05) is 12.3 Å². The highest BCUT2D eigenvalue weighted by Crippen LogP contribution is 2.29. The number of alkyl halides is 3. The first-order valence-electron chi connectivity index (χ1n) is 7.13. The maximum atomic E-state index is 13.7. The molecule has 0 aromatic heterocycles. The van der Waals surface area contributed by atoms with Crippen molar-refractivity contribution < 1.29 is 30.8 Å². The number of rotatable bonds is 4. The highest BCUT2D eigenvalue weighted by molar-refractivity contribution is 7.90. The molecule has 4 nitrogen and oxygen atoms in total. The third-order valence-corrected chi connectivity index (χ3v) is 4.38. The Hall–Kier alpha value is -2.68. The van der Waals surface area contributed by atoms with Crippen molar-refractivity contribution in [2.24, 2.45) is 0 Å². The summed E-state index contributed by atoms with van der Waals surface area (Å²) in [5.41, 5.74) is -1.10. The molecular weight excluding hydrogens is 374 g/mol. The van der Waals surface area contributed by atoms with Crippen LogP contribution in [0.25, 0.3) is 6.08 Å². The zero-order chi connectivity index (χ0) is 19.5. The van der Waals surface area contributed by atoms with Gasteiger partial charge in [0.25, 0.3) is 0 Å². The van der Waals surface area contributed by atoms with Crippen LogP contribution >= 0.6 is 0 Å². The van der Waals surface area contributed by atoms with E-state index in [1.165, 1.54) is 12.1 Å². The normalized spacial score (nSPS) is 12.3. The van der Waals surface area contributed by atoms with E-state index in [1.807, 2.05) is 0 Å². The average molecular weight is 387 g/mol. The summed E-state index contributed by atoms with van der Waals surface area (Å²) in [7, 11) is -3.59. The Morgan fingerprint density at radius 2 is 1.81 bits per heavy atom. The Balaban J connectivity index is 2.18. The Kier molecular flexibility index (Phi) is 5.50. The van der Waals surface area contributed by atoms with Crippen molar-refractivity contribution in [3.63, 3.8) is 0 Å². The van der Waals surface area contributed by atoms with Crippen molar-refractivity contribution in [3.05, 3.63) is 65.5 Å². The van der Waals surface area contributed by atoms with Crippen molar-refractivity contribution in [2.75, 3.05) is 11.6 Å². The molecule has 0 radical (unpaired) electrons. The van der Waals surface area contributed by atoms with Crippen LogP contribution in [0, 0.1) is 5.82 Å². The van der Waals surface area contributed by atoms with E-state index in [0.29, 0.717) is 0 Å². The molecule has 26 heavy (non-hydrogen) atoms. The van der Waals surface area contributed by atoms with Gasteiger partial charge in [-0.3, -0.25) is 4.79 Å². The summed E-state index contributed by atoms with van der Waals surface area (Å²) in [5, 5.41) is 2.15. The Morgan fingerprint density at radius 1 is 1.12 bits per heavy atom. The zero-order valence-corrected chi connectivity index (χ0v) is 14.2. The topological polar surface area (TPSA) is 63.2 Å². The molecule has 0 spiro atoms. The van der Waals surface area contributed by atoms with Crippen LogP contribution in [0.4, 0.5) is 23.2 Å². The summed E-state index contributed by atoms with van der Waals surface area (Å²) >= 11 is 0. The van der Waals surface area contributed by atoms with Crippen molar-refractivity contribution in [3.8, 4) is 0 Å². The van der Waals surface area contributed by atoms with Crippen molar-refractivity contribution in [1.29, 1.82) is 0 Å². The van der Waals surface area contributed by atoms with Gasteiger partial charge >= 0.3 is 6.18 Å². The Bertz CT molecular complexity index is 966. The van der Waals surface area contributed by atoms with E-state index in [4.69, 9.17) is 0 Å². The fourth-order valence-electron chi connectivity index (χ4n) is 2.00. The number of nitrogens with one attached hydrogen (secondary N) is 1. The molecule has 9 heteroatoms. The molecular formula is C17H13F4NO3S. The van der Waals surface area contributed by atoms with E-state index in [9.17, 15) is 30.8 Å². The maximum absolute atomic E-state index is 13.7. The van der Waals surface area contributed by atoms with Crippen LogP contribution in [0.2, 0.25) is 0 Å². The van der Waals surface area contributed by atoms with Gasteiger partial charge in [-0.2, -0.15) is 13.2 Å². The summed E-state index contributed by atoms with van der Waals surface area (Å²) in [6, 6.07) is 7.21. The summed E-state index contributed by atoms with van der Waals surface area (Å²) in [6.45, 7) is 0. The van der Waals surface area contributed by atoms with E-state index >= 15 is 0 Å². The van der Waals surface area contributed by atoms with E-state index in [0.717, 1.165) is 48.7 Å². The lowest BCUT2D eigenvalue weighted by Gasteiger charge is -2.07.